The molecular weight excluding hydrogens is 222 g/mol. The van der Waals surface area contributed by atoms with Crippen molar-refractivity contribution in [3.05, 3.63) is 35.4 Å². The molecule has 0 aromatic heterocycles. The highest BCUT2D eigenvalue weighted by atomic mass is 16.5. The van der Waals surface area contributed by atoms with Gasteiger partial charge in [0.25, 0.3) is 0 Å². The van der Waals surface area contributed by atoms with Gasteiger partial charge in [-0.2, -0.15) is 0 Å². The van der Waals surface area contributed by atoms with E-state index in [0.717, 1.165) is 32.2 Å². The third-order valence-corrected chi connectivity index (χ3v) is 3.46. The Bertz CT molecular complexity index is 343. The zero-order chi connectivity index (χ0) is 12.8. The van der Waals surface area contributed by atoms with E-state index in [1.165, 1.54) is 24.0 Å². The molecule has 2 heteroatoms. The Morgan fingerprint density at radius 3 is 2.61 bits per heavy atom. The van der Waals surface area contributed by atoms with Crippen molar-refractivity contribution in [3.8, 4) is 0 Å². The summed E-state index contributed by atoms with van der Waals surface area (Å²) in [5.74, 6) is 0.594. The number of ether oxygens (including phenoxy) is 1. The van der Waals surface area contributed by atoms with Crippen LogP contribution in [0, 0.1) is 0 Å². The van der Waals surface area contributed by atoms with Crippen molar-refractivity contribution in [2.75, 3.05) is 13.2 Å². The summed E-state index contributed by atoms with van der Waals surface area (Å²) in [7, 11) is 0. The van der Waals surface area contributed by atoms with Gasteiger partial charge in [-0.25, -0.2) is 0 Å². The molecule has 1 aliphatic rings. The van der Waals surface area contributed by atoms with Crippen LogP contribution < -0.4 is 5.32 Å². The molecule has 0 radical (unpaired) electrons. The van der Waals surface area contributed by atoms with Crippen LogP contribution in [-0.2, 0) is 11.3 Å². The van der Waals surface area contributed by atoms with Gasteiger partial charge in [0.15, 0.2) is 0 Å². The highest BCUT2D eigenvalue weighted by Gasteiger charge is 2.21. The fourth-order valence-corrected chi connectivity index (χ4v) is 2.03. The van der Waals surface area contributed by atoms with E-state index in [1.807, 2.05) is 0 Å². The molecule has 0 spiro atoms. The quantitative estimate of drug-likeness (QED) is 0.710. The van der Waals surface area contributed by atoms with Crippen molar-refractivity contribution >= 4 is 0 Å². The molecule has 0 heterocycles. The molecule has 1 atom stereocenters. The van der Waals surface area contributed by atoms with Gasteiger partial charge in [0.2, 0.25) is 0 Å². The zero-order valence-corrected chi connectivity index (χ0v) is 11.6. The van der Waals surface area contributed by atoms with E-state index in [0.29, 0.717) is 5.92 Å². The lowest BCUT2D eigenvalue weighted by molar-refractivity contribution is 0.121. The Kier molecular flexibility index (Phi) is 5.21. The zero-order valence-electron chi connectivity index (χ0n) is 11.6. The number of benzene rings is 1. The van der Waals surface area contributed by atoms with E-state index < -0.39 is 0 Å². The van der Waals surface area contributed by atoms with E-state index in [4.69, 9.17) is 4.74 Å². The average Bonchev–Trinajstić information content (AvgIpc) is 3.21. The maximum absolute atomic E-state index is 5.54. The Balaban J connectivity index is 1.77. The molecule has 1 aromatic rings. The predicted octanol–water partition coefficient (Wildman–Crippen LogP) is 3.47. The minimum absolute atomic E-state index is 0.594. The monoisotopic (exact) mass is 247 g/mol. The molecule has 1 unspecified atom stereocenters. The van der Waals surface area contributed by atoms with Crippen LogP contribution in [0.2, 0.25) is 0 Å². The molecule has 1 saturated carbocycles. The second-order valence-electron chi connectivity index (χ2n) is 5.38. The van der Waals surface area contributed by atoms with Crippen molar-refractivity contribution in [3.63, 3.8) is 0 Å². The Morgan fingerprint density at radius 2 is 2.00 bits per heavy atom. The van der Waals surface area contributed by atoms with Gasteiger partial charge in [0, 0.05) is 19.2 Å². The molecule has 0 saturated heterocycles. The molecule has 1 aromatic carbocycles. The van der Waals surface area contributed by atoms with Crippen LogP contribution in [0.25, 0.3) is 0 Å². The molecule has 100 valence electrons. The van der Waals surface area contributed by atoms with Crippen LogP contribution in [0.1, 0.15) is 50.2 Å². The number of hydrogen-bond donors (Lipinski definition) is 1. The second-order valence-corrected chi connectivity index (χ2v) is 5.38. The molecule has 1 N–H and O–H groups in total. The summed E-state index contributed by atoms with van der Waals surface area (Å²) < 4.78 is 5.54. The maximum Gasteiger partial charge on any atom is 0.0716 e. The Labute approximate surface area is 111 Å². The van der Waals surface area contributed by atoms with Crippen molar-refractivity contribution in [1.29, 1.82) is 0 Å². The second kappa shape index (κ2) is 6.91. The Hall–Kier alpha value is -0.860. The van der Waals surface area contributed by atoms with Crippen LogP contribution in [-0.4, -0.2) is 19.2 Å². The maximum atomic E-state index is 5.54. The first-order valence-corrected chi connectivity index (χ1v) is 7.19. The lowest BCUT2D eigenvalue weighted by Crippen LogP contribution is -2.21. The van der Waals surface area contributed by atoms with Crippen molar-refractivity contribution in [2.45, 2.75) is 51.7 Å². The standard InChI is InChI=1S/C16H25NO/c1-3-10-18-12-14-4-6-15(7-5-14)13(2)11-17-16-8-9-16/h4-7,13,16-17H,3,8-12H2,1-2H3. The van der Waals surface area contributed by atoms with Crippen LogP contribution in [0.4, 0.5) is 0 Å². The Morgan fingerprint density at radius 1 is 1.28 bits per heavy atom. The van der Waals surface area contributed by atoms with Gasteiger partial charge in [-0.05, 0) is 36.3 Å². The van der Waals surface area contributed by atoms with Gasteiger partial charge in [-0.3, -0.25) is 0 Å². The molecule has 0 amide bonds. The SMILES string of the molecule is CCCOCc1ccc(C(C)CNC2CC2)cc1. The normalized spacial score (nSPS) is 16.8. The first kappa shape index (κ1) is 13.6. The number of rotatable bonds is 8. The van der Waals surface area contributed by atoms with Crippen molar-refractivity contribution in [1.82, 2.24) is 5.32 Å². The number of nitrogens with one attached hydrogen (secondary N) is 1. The summed E-state index contributed by atoms with van der Waals surface area (Å²) in [4.78, 5) is 0. The largest absolute Gasteiger partial charge is 0.377 e. The topological polar surface area (TPSA) is 21.3 Å². The van der Waals surface area contributed by atoms with Gasteiger partial charge in [-0.15, -0.1) is 0 Å². The fraction of sp³-hybridized carbons (Fsp3) is 0.625. The van der Waals surface area contributed by atoms with Crippen LogP contribution in [0.5, 0.6) is 0 Å². The first-order chi connectivity index (χ1) is 8.79. The smallest absolute Gasteiger partial charge is 0.0716 e. The van der Waals surface area contributed by atoms with Gasteiger partial charge in [0.05, 0.1) is 6.61 Å². The molecule has 0 aliphatic heterocycles. The highest BCUT2D eigenvalue weighted by Crippen LogP contribution is 2.21. The molecule has 1 fully saturated rings. The van der Waals surface area contributed by atoms with Gasteiger partial charge < -0.3 is 10.1 Å². The van der Waals surface area contributed by atoms with Crippen LogP contribution in [0.15, 0.2) is 24.3 Å². The van der Waals surface area contributed by atoms with E-state index in [1.54, 1.807) is 0 Å². The third-order valence-electron chi connectivity index (χ3n) is 3.46. The van der Waals surface area contributed by atoms with Crippen molar-refractivity contribution < 1.29 is 4.74 Å². The third kappa shape index (κ3) is 4.43. The minimum Gasteiger partial charge on any atom is -0.377 e. The molecule has 2 rings (SSSR count). The van der Waals surface area contributed by atoms with E-state index in [2.05, 4.69) is 43.4 Å². The van der Waals surface area contributed by atoms with Gasteiger partial charge >= 0.3 is 0 Å². The summed E-state index contributed by atoms with van der Waals surface area (Å²) in [5, 5.41) is 3.59. The fourth-order valence-electron chi connectivity index (χ4n) is 2.03. The lowest BCUT2D eigenvalue weighted by atomic mass is 10.00. The highest BCUT2D eigenvalue weighted by molar-refractivity contribution is 5.25. The molecule has 0 bridgehead atoms. The van der Waals surface area contributed by atoms with Gasteiger partial charge in [-0.1, -0.05) is 38.1 Å². The van der Waals surface area contributed by atoms with Gasteiger partial charge in [0.1, 0.15) is 0 Å². The summed E-state index contributed by atoms with van der Waals surface area (Å²) in [5.41, 5.74) is 2.69. The average molecular weight is 247 g/mol. The summed E-state index contributed by atoms with van der Waals surface area (Å²) >= 11 is 0. The molecular formula is C16H25NO. The summed E-state index contributed by atoms with van der Waals surface area (Å²) in [6.07, 6.45) is 3.81. The minimum atomic E-state index is 0.594. The van der Waals surface area contributed by atoms with E-state index in [9.17, 15) is 0 Å². The van der Waals surface area contributed by atoms with Crippen LogP contribution in [0.3, 0.4) is 0 Å². The van der Waals surface area contributed by atoms with Crippen LogP contribution >= 0.6 is 0 Å². The molecule has 1 aliphatic carbocycles. The lowest BCUT2D eigenvalue weighted by Gasteiger charge is -2.13. The summed E-state index contributed by atoms with van der Waals surface area (Å²) in [6.45, 7) is 7.11. The molecule has 2 nitrogen and oxygen atoms in total. The number of hydrogen-bond acceptors (Lipinski definition) is 2. The van der Waals surface area contributed by atoms with Crippen molar-refractivity contribution in [2.24, 2.45) is 0 Å². The summed E-state index contributed by atoms with van der Waals surface area (Å²) in [6, 6.07) is 9.67. The predicted molar refractivity (Wildman–Crippen MR) is 75.8 cm³/mol. The van der Waals surface area contributed by atoms with E-state index in [-0.39, 0.29) is 0 Å². The first-order valence-electron chi connectivity index (χ1n) is 7.19. The molecule has 18 heavy (non-hydrogen) atoms. The van der Waals surface area contributed by atoms with E-state index >= 15 is 0 Å².